The number of hydrogen-bond acceptors (Lipinski definition) is 3. The van der Waals surface area contributed by atoms with Gasteiger partial charge in [-0.15, -0.1) is 0 Å². The fourth-order valence-electron chi connectivity index (χ4n) is 1.11. The number of hydrogen-bond donors (Lipinski definition) is 0. The molecule has 76 valence electrons. The number of carbonyl (C=O) groups is 2. The first kappa shape index (κ1) is 12.3. The molecule has 13 heavy (non-hydrogen) atoms. The molecule has 0 rings (SSSR count). The van der Waals surface area contributed by atoms with E-state index in [9.17, 15) is 9.59 Å². The van der Waals surface area contributed by atoms with Crippen LogP contribution in [-0.2, 0) is 9.59 Å². The first-order valence-corrected chi connectivity index (χ1v) is 4.56. The predicted molar refractivity (Wildman–Crippen MR) is 52.6 cm³/mol. The van der Waals surface area contributed by atoms with Crippen LogP contribution in [0.25, 0.3) is 0 Å². The van der Waals surface area contributed by atoms with Crippen LogP contribution in [0.2, 0.25) is 0 Å². The van der Waals surface area contributed by atoms with E-state index in [4.69, 9.17) is 0 Å². The zero-order valence-corrected chi connectivity index (χ0v) is 8.96. The van der Waals surface area contributed by atoms with E-state index in [0.29, 0.717) is 13.0 Å². The minimum absolute atomic E-state index is 0.126. The average Bonchev–Trinajstić information content (AvgIpc) is 2.02. The van der Waals surface area contributed by atoms with Crippen molar-refractivity contribution < 1.29 is 9.59 Å². The first-order valence-electron chi connectivity index (χ1n) is 4.56. The summed E-state index contributed by atoms with van der Waals surface area (Å²) in [4.78, 5) is 23.9. The maximum atomic E-state index is 11.4. The minimum atomic E-state index is -0.465. The van der Waals surface area contributed by atoms with Gasteiger partial charge in [-0.1, -0.05) is 13.8 Å². The van der Waals surface area contributed by atoms with Gasteiger partial charge in [0.05, 0.1) is 6.54 Å². The normalized spacial score (nSPS) is 15.5. The highest BCUT2D eigenvalue weighted by Gasteiger charge is 2.24. The largest absolute Gasteiger partial charge is 0.303 e. The Hall–Kier alpha value is -0.700. The van der Waals surface area contributed by atoms with Crippen molar-refractivity contribution >= 4 is 12.1 Å². The third-order valence-electron chi connectivity index (χ3n) is 2.19. The Labute approximate surface area is 80.1 Å². The van der Waals surface area contributed by atoms with Crippen LogP contribution in [0.4, 0.5) is 0 Å². The van der Waals surface area contributed by atoms with Gasteiger partial charge in [0, 0.05) is 11.8 Å². The second-order valence-corrected chi connectivity index (χ2v) is 4.08. The van der Waals surface area contributed by atoms with Crippen molar-refractivity contribution in [2.24, 2.45) is 5.41 Å². The Morgan fingerprint density at radius 3 is 2.31 bits per heavy atom. The summed E-state index contributed by atoms with van der Waals surface area (Å²) in [6.07, 6.45) is 1.96. The van der Waals surface area contributed by atoms with Crippen molar-refractivity contribution in [1.82, 2.24) is 4.90 Å². The summed E-state index contributed by atoms with van der Waals surface area (Å²) in [5.74, 6) is 0.126. The van der Waals surface area contributed by atoms with Gasteiger partial charge in [-0.3, -0.25) is 4.79 Å². The van der Waals surface area contributed by atoms with Gasteiger partial charge < -0.3 is 9.69 Å². The summed E-state index contributed by atoms with van der Waals surface area (Å²) in [6, 6.07) is 0. The monoisotopic (exact) mass is 185 g/mol. The van der Waals surface area contributed by atoms with Crippen molar-refractivity contribution in [1.29, 1.82) is 0 Å². The Morgan fingerprint density at radius 1 is 1.46 bits per heavy atom. The summed E-state index contributed by atoms with van der Waals surface area (Å²) < 4.78 is 0. The summed E-state index contributed by atoms with van der Waals surface area (Å²) >= 11 is 0. The Balaban J connectivity index is 4.09. The zero-order chi connectivity index (χ0) is 10.5. The second-order valence-electron chi connectivity index (χ2n) is 4.08. The van der Waals surface area contributed by atoms with Crippen LogP contribution < -0.4 is 0 Å². The van der Waals surface area contributed by atoms with E-state index in [1.807, 2.05) is 32.8 Å². The van der Waals surface area contributed by atoms with Gasteiger partial charge in [-0.05, 0) is 20.5 Å². The molecule has 0 N–H and O–H groups in total. The number of likely N-dealkylation sites (N-methyl/N-ethyl adjacent to an activating group) is 1. The molecule has 0 fully saturated rings. The van der Waals surface area contributed by atoms with Crippen molar-refractivity contribution in [2.75, 3.05) is 20.6 Å². The lowest BCUT2D eigenvalue weighted by molar-refractivity contribution is -0.126. The number of rotatable bonds is 6. The third-order valence-corrected chi connectivity index (χ3v) is 2.19. The summed E-state index contributed by atoms with van der Waals surface area (Å²) in [5.41, 5.74) is -0.465. The van der Waals surface area contributed by atoms with Gasteiger partial charge in [0.15, 0.2) is 0 Å². The molecule has 0 spiro atoms. The van der Waals surface area contributed by atoms with Gasteiger partial charge in [0.1, 0.15) is 12.1 Å². The summed E-state index contributed by atoms with van der Waals surface area (Å²) in [5, 5.41) is 0. The summed E-state index contributed by atoms with van der Waals surface area (Å²) in [7, 11) is 3.70. The van der Waals surface area contributed by atoms with Crippen LogP contribution in [0.1, 0.15) is 26.7 Å². The maximum Gasteiger partial charge on any atom is 0.147 e. The standard InChI is InChI=1S/C10H19NO2/c1-5-10(2,8-12)6-9(13)7-11(3)4/h8H,5-7H2,1-4H3. The van der Waals surface area contributed by atoms with E-state index in [2.05, 4.69) is 0 Å². The molecule has 3 nitrogen and oxygen atoms in total. The van der Waals surface area contributed by atoms with E-state index >= 15 is 0 Å². The van der Waals surface area contributed by atoms with Crippen LogP contribution in [0.15, 0.2) is 0 Å². The molecule has 0 saturated heterocycles. The highest BCUT2D eigenvalue weighted by atomic mass is 16.1. The quantitative estimate of drug-likeness (QED) is 0.582. The molecule has 0 aliphatic heterocycles. The lowest BCUT2D eigenvalue weighted by atomic mass is 9.84. The number of aldehydes is 1. The van der Waals surface area contributed by atoms with Gasteiger partial charge in [-0.25, -0.2) is 0 Å². The Bertz CT molecular complexity index is 189. The Kier molecular flexibility index (Phi) is 4.85. The van der Waals surface area contributed by atoms with Crippen molar-refractivity contribution in [3.8, 4) is 0 Å². The molecule has 0 amide bonds. The van der Waals surface area contributed by atoms with Crippen molar-refractivity contribution in [2.45, 2.75) is 26.7 Å². The van der Waals surface area contributed by atoms with E-state index < -0.39 is 5.41 Å². The summed E-state index contributed by atoms with van der Waals surface area (Å²) in [6.45, 7) is 4.17. The fraction of sp³-hybridized carbons (Fsp3) is 0.800. The molecular weight excluding hydrogens is 166 g/mol. The molecule has 3 heteroatoms. The molecule has 0 aliphatic carbocycles. The molecule has 0 radical (unpaired) electrons. The lowest BCUT2D eigenvalue weighted by Crippen LogP contribution is -2.28. The SMILES string of the molecule is CCC(C)(C=O)CC(=O)CN(C)C. The topological polar surface area (TPSA) is 37.4 Å². The molecule has 0 aromatic heterocycles. The van der Waals surface area contributed by atoms with E-state index in [1.54, 1.807) is 0 Å². The number of nitrogens with zero attached hydrogens (tertiary/aromatic N) is 1. The minimum Gasteiger partial charge on any atom is -0.303 e. The average molecular weight is 185 g/mol. The zero-order valence-electron chi connectivity index (χ0n) is 8.96. The van der Waals surface area contributed by atoms with Crippen LogP contribution in [-0.4, -0.2) is 37.6 Å². The molecule has 0 aliphatic rings. The van der Waals surface area contributed by atoms with E-state index in [0.717, 1.165) is 12.7 Å². The molecule has 1 unspecified atom stereocenters. The van der Waals surface area contributed by atoms with Crippen molar-refractivity contribution in [3.63, 3.8) is 0 Å². The smallest absolute Gasteiger partial charge is 0.147 e. The van der Waals surface area contributed by atoms with E-state index in [-0.39, 0.29) is 5.78 Å². The lowest BCUT2D eigenvalue weighted by Gasteiger charge is -2.20. The Morgan fingerprint density at radius 2 is 2.00 bits per heavy atom. The van der Waals surface area contributed by atoms with Gasteiger partial charge in [-0.2, -0.15) is 0 Å². The van der Waals surface area contributed by atoms with Gasteiger partial charge in [0.2, 0.25) is 0 Å². The first-order chi connectivity index (χ1) is 5.93. The molecule has 0 bridgehead atoms. The number of Topliss-reactive ketones (excluding diaryl/α,β-unsaturated/α-hetero) is 1. The molecule has 0 saturated carbocycles. The van der Waals surface area contributed by atoms with Crippen LogP contribution in [0, 0.1) is 5.41 Å². The highest BCUT2D eigenvalue weighted by molar-refractivity contribution is 5.84. The highest BCUT2D eigenvalue weighted by Crippen LogP contribution is 2.22. The molecule has 0 heterocycles. The molecular formula is C10H19NO2. The predicted octanol–water partition coefficient (Wildman–Crippen LogP) is 1.12. The molecule has 0 aromatic carbocycles. The second kappa shape index (κ2) is 5.12. The third kappa shape index (κ3) is 4.78. The maximum absolute atomic E-state index is 11.4. The van der Waals surface area contributed by atoms with Crippen LogP contribution in [0.5, 0.6) is 0 Å². The number of carbonyl (C=O) groups excluding carboxylic acids is 2. The van der Waals surface area contributed by atoms with Gasteiger partial charge >= 0.3 is 0 Å². The van der Waals surface area contributed by atoms with E-state index in [1.165, 1.54) is 0 Å². The van der Waals surface area contributed by atoms with Crippen LogP contribution in [0.3, 0.4) is 0 Å². The molecule has 1 atom stereocenters. The fourth-order valence-corrected chi connectivity index (χ4v) is 1.11. The number of ketones is 1. The molecule has 0 aromatic rings. The van der Waals surface area contributed by atoms with Crippen LogP contribution >= 0.6 is 0 Å². The van der Waals surface area contributed by atoms with Crippen molar-refractivity contribution in [3.05, 3.63) is 0 Å². The van der Waals surface area contributed by atoms with Gasteiger partial charge in [0.25, 0.3) is 0 Å².